The summed E-state index contributed by atoms with van der Waals surface area (Å²) in [6, 6.07) is 14.1. The van der Waals surface area contributed by atoms with E-state index in [1.165, 1.54) is 5.56 Å². The van der Waals surface area contributed by atoms with Crippen LogP contribution in [0.2, 0.25) is 0 Å². The molecule has 0 unspecified atom stereocenters. The van der Waals surface area contributed by atoms with Gasteiger partial charge in [-0.3, -0.25) is 0 Å². The summed E-state index contributed by atoms with van der Waals surface area (Å²) in [5.41, 5.74) is 10.9. The highest BCUT2D eigenvalue weighted by Gasteiger charge is 2.12. The number of para-hydroxylation sites is 1. The van der Waals surface area contributed by atoms with Gasteiger partial charge in [-0.1, -0.05) is 47.1 Å². The Balaban J connectivity index is 1.86. The van der Waals surface area contributed by atoms with Crippen LogP contribution in [0.1, 0.15) is 22.5 Å². The first-order valence-corrected chi connectivity index (χ1v) is 6.87. The van der Waals surface area contributed by atoms with E-state index in [1.54, 1.807) is 0 Å². The van der Waals surface area contributed by atoms with Crippen LogP contribution in [-0.4, -0.2) is 10.1 Å². The van der Waals surface area contributed by atoms with Crippen LogP contribution in [0.15, 0.2) is 47.0 Å². The molecule has 1 heterocycles. The number of nitrogens with zero attached hydrogens (tertiary/aromatic N) is 2. The van der Waals surface area contributed by atoms with E-state index in [-0.39, 0.29) is 0 Å². The number of hydrogen-bond donors (Lipinski definition) is 1. The van der Waals surface area contributed by atoms with Crippen molar-refractivity contribution in [1.29, 1.82) is 0 Å². The lowest BCUT2D eigenvalue weighted by Gasteiger charge is -2.03. The third-order valence-corrected chi connectivity index (χ3v) is 3.51. The second-order valence-corrected chi connectivity index (χ2v) is 5.21. The summed E-state index contributed by atoms with van der Waals surface area (Å²) in [6.07, 6.45) is 0.648. The molecule has 0 saturated heterocycles. The average Bonchev–Trinajstić information content (AvgIpc) is 2.93. The molecule has 2 N–H and O–H groups in total. The first-order chi connectivity index (χ1) is 10.1. The molecule has 2 aromatic carbocycles. The Bertz CT molecular complexity index is 760. The summed E-state index contributed by atoms with van der Waals surface area (Å²) >= 11 is 0. The molecule has 0 aliphatic rings. The highest BCUT2D eigenvalue weighted by atomic mass is 16.5. The van der Waals surface area contributed by atoms with Gasteiger partial charge in [-0.2, -0.15) is 4.98 Å². The zero-order chi connectivity index (χ0) is 14.8. The smallest absolute Gasteiger partial charge is 0.260 e. The summed E-state index contributed by atoms with van der Waals surface area (Å²) in [5, 5.41) is 4.04. The van der Waals surface area contributed by atoms with Gasteiger partial charge in [-0.25, -0.2) is 0 Å². The number of nitrogens with two attached hydrogens (primary N) is 1. The molecule has 0 amide bonds. The van der Waals surface area contributed by atoms with Crippen LogP contribution < -0.4 is 5.73 Å². The van der Waals surface area contributed by atoms with Gasteiger partial charge in [0.05, 0.1) is 5.56 Å². The summed E-state index contributed by atoms with van der Waals surface area (Å²) in [4.78, 5) is 4.44. The first kappa shape index (κ1) is 13.4. The number of aryl methyl sites for hydroxylation is 2. The molecule has 4 heteroatoms. The van der Waals surface area contributed by atoms with Crippen molar-refractivity contribution in [2.75, 3.05) is 5.73 Å². The van der Waals surface area contributed by atoms with Gasteiger partial charge < -0.3 is 10.3 Å². The maximum absolute atomic E-state index is 6.07. The molecule has 0 radical (unpaired) electrons. The largest absolute Gasteiger partial charge is 0.398 e. The molecule has 0 fully saturated rings. The number of rotatable bonds is 3. The van der Waals surface area contributed by atoms with Crippen molar-refractivity contribution >= 4 is 5.69 Å². The van der Waals surface area contributed by atoms with Crippen LogP contribution in [0.4, 0.5) is 5.69 Å². The Kier molecular flexibility index (Phi) is 3.44. The van der Waals surface area contributed by atoms with Crippen molar-refractivity contribution in [2.24, 2.45) is 0 Å². The maximum atomic E-state index is 6.07. The number of nitrogen functional groups attached to an aromatic ring is 1. The standard InChI is InChI=1S/C17H17N3O/c1-11-6-8-13(9-7-11)10-15-19-17(21-20-15)14-5-3-4-12(2)16(14)18/h3-9H,10,18H2,1-2H3. The molecule has 0 saturated carbocycles. The van der Waals surface area contributed by atoms with E-state index in [1.807, 2.05) is 25.1 Å². The minimum Gasteiger partial charge on any atom is -0.398 e. The Hall–Kier alpha value is -2.62. The van der Waals surface area contributed by atoms with Crippen molar-refractivity contribution in [1.82, 2.24) is 10.1 Å². The third-order valence-electron chi connectivity index (χ3n) is 3.51. The molecule has 0 bridgehead atoms. The fourth-order valence-electron chi connectivity index (χ4n) is 2.19. The fraction of sp³-hybridized carbons (Fsp3) is 0.176. The Morgan fingerprint density at radius 3 is 2.57 bits per heavy atom. The van der Waals surface area contributed by atoms with Gasteiger partial charge >= 0.3 is 0 Å². The number of anilines is 1. The van der Waals surface area contributed by atoms with Crippen molar-refractivity contribution in [3.05, 3.63) is 65.0 Å². The Morgan fingerprint density at radius 1 is 1.05 bits per heavy atom. The van der Waals surface area contributed by atoms with Gasteiger partial charge in [0.1, 0.15) is 0 Å². The summed E-state index contributed by atoms with van der Waals surface area (Å²) in [7, 11) is 0. The number of aromatic nitrogens is 2. The van der Waals surface area contributed by atoms with Crippen molar-refractivity contribution < 1.29 is 4.52 Å². The van der Waals surface area contributed by atoms with E-state index in [0.29, 0.717) is 23.8 Å². The lowest BCUT2D eigenvalue weighted by Crippen LogP contribution is -1.94. The van der Waals surface area contributed by atoms with Gasteiger partial charge in [0.15, 0.2) is 5.82 Å². The summed E-state index contributed by atoms with van der Waals surface area (Å²) in [5.74, 6) is 1.13. The predicted octanol–water partition coefficient (Wildman–Crippen LogP) is 3.53. The quantitative estimate of drug-likeness (QED) is 0.745. The van der Waals surface area contributed by atoms with Crippen LogP contribution in [-0.2, 0) is 6.42 Å². The molecular weight excluding hydrogens is 262 g/mol. The van der Waals surface area contributed by atoms with E-state index in [9.17, 15) is 0 Å². The first-order valence-electron chi connectivity index (χ1n) is 6.87. The van der Waals surface area contributed by atoms with Gasteiger partial charge in [0, 0.05) is 12.1 Å². The Labute approximate surface area is 123 Å². The highest BCUT2D eigenvalue weighted by molar-refractivity contribution is 5.73. The monoisotopic (exact) mass is 279 g/mol. The number of hydrogen-bond acceptors (Lipinski definition) is 4. The molecule has 3 aromatic rings. The molecule has 21 heavy (non-hydrogen) atoms. The highest BCUT2D eigenvalue weighted by Crippen LogP contribution is 2.27. The second-order valence-electron chi connectivity index (χ2n) is 5.21. The van der Waals surface area contributed by atoms with Gasteiger partial charge in [-0.15, -0.1) is 0 Å². The van der Waals surface area contributed by atoms with E-state index >= 15 is 0 Å². The van der Waals surface area contributed by atoms with Crippen LogP contribution >= 0.6 is 0 Å². The molecule has 0 aliphatic carbocycles. The molecular formula is C17H17N3O. The van der Waals surface area contributed by atoms with Gasteiger partial charge in [0.2, 0.25) is 0 Å². The Morgan fingerprint density at radius 2 is 1.81 bits per heavy atom. The molecule has 106 valence electrons. The molecule has 0 aliphatic heterocycles. The predicted molar refractivity (Wildman–Crippen MR) is 82.9 cm³/mol. The van der Waals surface area contributed by atoms with Gasteiger partial charge in [0.25, 0.3) is 5.89 Å². The third kappa shape index (κ3) is 2.79. The average molecular weight is 279 g/mol. The van der Waals surface area contributed by atoms with Crippen LogP contribution in [0, 0.1) is 13.8 Å². The number of benzene rings is 2. The van der Waals surface area contributed by atoms with Gasteiger partial charge in [-0.05, 0) is 31.0 Å². The maximum Gasteiger partial charge on any atom is 0.260 e. The van der Waals surface area contributed by atoms with E-state index < -0.39 is 0 Å². The summed E-state index contributed by atoms with van der Waals surface area (Å²) < 4.78 is 5.34. The minimum atomic E-state index is 0.471. The fourth-order valence-corrected chi connectivity index (χ4v) is 2.19. The lowest BCUT2D eigenvalue weighted by molar-refractivity contribution is 0.424. The SMILES string of the molecule is Cc1ccc(Cc2noc(-c3cccc(C)c3N)n2)cc1. The zero-order valence-corrected chi connectivity index (χ0v) is 12.1. The zero-order valence-electron chi connectivity index (χ0n) is 12.1. The van der Waals surface area contributed by atoms with Crippen molar-refractivity contribution in [2.45, 2.75) is 20.3 Å². The van der Waals surface area contributed by atoms with E-state index in [4.69, 9.17) is 10.3 Å². The summed E-state index contributed by atoms with van der Waals surface area (Å²) in [6.45, 7) is 4.03. The molecule has 4 nitrogen and oxygen atoms in total. The lowest BCUT2D eigenvalue weighted by atomic mass is 10.1. The normalized spacial score (nSPS) is 10.8. The van der Waals surface area contributed by atoms with Crippen molar-refractivity contribution in [3.8, 4) is 11.5 Å². The van der Waals surface area contributed by atoms with Crippen LogP contribution in [0.25, 0.3) is 11.5 Å². The van der Waals surface area contributed by atoms with Crippen molar-refractivity contribution in [3.63, 3.8) is 0 Å². The molecule has 1 aromatic heterocycles. The van der Waals surface area contributed by atoms with Crippen LogP contribution in [0.5, 0.6) is 0 Å². The van der Waals surface area contributed by atoms with E-state index in [0.717, 1.165) is 16.7 Å². The molecule has 0 spiro atoms. The molecule has 0 atom stereocenters. The van der Waals surface area contributed by atoms with Crippen LogP contribution in [0.3, 0.4) is 0 Å². The minimum absolute atomic E-state index is 0.471. The second kappa shape index (κ2) is 5.40. The molecule has 3 rings (SSSR count). The van der Waals surface area contributed by atoms with E-state index in [2.05, 4.69) is 41.3 Å². The topological polar surface area (TPSA) is 64.9 Å².